The summed E-state index contributed by atoms with van der Waals surface area (Å²) in [6, 6.07) is 14.8. The van der Waals surface area contributed by atoms with Crippen LogP contribution >= 0.6 is 15.9 Å². The molecular formula is C17H15BrO. The minimum absolute atomic E-state index is 0.470. The van der Waals surface area contributed by atoms with Crippen LogP contribution in [-0.2, 0) is 0 Å². The zero-order valence-corrected chi connectivity index (χ0v) is 12.2. The third-order valence-electron chi connectivity index (χ3n) is 4.00. The maximum Gasteiger partial charge on any atom is 0.135 e. The van der Waals surface area contributed by atoms with E-state index in [1.165, 1.54) is 35.6 Å². The average molecular weight is 315 g/mol. The smallest absolute Gasteiger partial charge is 0.135 e. The highest BCUT2D eigenvalue weighted by Gasteiger charge is 2.25. The van der Waals surface area contributed by atoms with E-state index in [1.54, 1.807) is 0 Å². The molecule has 1 aromatic heterocycles. The second kappa shape index (κ2) is 4.38. The number of benzene rings is 2. The molecule has 3 aromatic rings. The first-order chi connectivity index (χ1) is 9.31. The summed E-state index contributed by atoms with van der Waals surface area (Å²) in [6.07, 6.45) is 4.05. The van der Waals surface area contributed by atoms with Crippen molar-refractivity contribution in [1.29, 1.82) is 0 Å². The topological polar surface area (TPSA) is 13.1 Å². The van der Waals surface area contributed by atoms with Gasteiger partial charge in [0.15, 0.2) is 0 Å². The zero-order valence-electron chi connectivity index (χ0n) is 10.6. The lowest BCUT2D eigenvalue weighted by Gasteiger charge is -2.09. The Morgan fingerprint density at radius 2 is 1.84 bits per heavy atom. The Morgan fingerprint density at radius 1 is 1.05 bits per heavy atom. The summed E-state index contributed by atoms with van der Waals surface area (Å²) in [4.78, 5) is 0.470. The van der Waals surface area contributed by atoms with Crippen molar-refractivity contribution < 1.29 is 4.42 Å². The molecule has 96 valence electrons. The highest BCUT2D eigenvalue weighted by molar-refractivity contribution is 9.09. The summed E-state index contributed by atoms with van der Waals surface area (Å²) < 4.78 is 5.87. The molecule has 0 saturated heterocycles. The van der Waals surface area contributed by atoms with Crippen LogP contribution in [-0.4, -0.2) is 0 Å². The van der Waals surface area contributed by atoms with E-state index < -0.39 is 0 Å². The van der Waals surface area contributed by atoms with E-state index in [-0.39, 0.29) is 0 Å². The molecule has 1 nitrogen and oxygen atoms in total. The highest BCUT2D eigenvalue weighted by atomic mass is 79.9. The maximum atomic E-state index is 5.87. The van der Waals surface area contributed by atoms with Crippen LogP contribution in [0.4, 0.5) is 0 Å². The molecule has 2 heteroatoms. The van der Waals surface area contributed by atoms with E-state index in [0.29, 0.717) is 4.83 Å². The van der Waals surface area contributed by atoms with Gasteiger partial charge in [-0.15, -0.1) is 0 Å². The third kappa shape index (κ3) is 2.08. The van der Waals surface area contributed by atoms with Crippen LogP contribution < -0.4 is 0 Å². The average Bonchev–Trinajstić information content (AvgIpc) is 3.17. The fourth-order valence-electron chi connectivity index (χ4n) is 2.72. The fraction of sp³-hybridized carbons (Fsp3) is 0.294. The maximum absolute atomic E-state index is 5.87. The van der Waals surface area contributed by atoms with Crippen LogP contribution in [0.2, 0.25) is 0 Å². The van der Waals surface area contributed by atoms with Crippen molar-refractivity contribution >= 4 is 37.9 Å². The van der Waals surface area contributed by atoms with Gasteiger partial charge in [-0.2, -0.15) is 0 Å². The van der Waals surface area contributed by atoms with Gasteiger partial charge in [0.05, 0.1) is 0 Å². The molecule has 1 saturated carbocycles. The van der Waals surface area contributed by atoms with Gasteiger partial charge in [-0.05, 0) is 36.1 Å². The summed E-state index contributed by atoms with van der Waals surface area (Å²) >= 11 is 3.83. The number of furan rings is 1. The molecule has 0 N–H and O–H groups in total. The number of hydrogen-bond donors (Lipinski definition) is 0. The summed E-state index contributed by atoms with van der Waals surface area (Å²) in [6.45, 7) is 0. The summed E-state index contributed by atoms with van der Waals surface area (Å²) in [5.74, 6) is 0.932. The molecule has 0 radical (unpaired) electrons. The van der Waals surface area contributed by atoms with Crippen LogP contribution in [0.5, 0.6) is 0 Å². The predicted octanol–water partition coefficient (Wildman–Crippen LogP) is 5.82. The molecule has 19 heavy (non-hydrogen) atoms. The molecule has 0 spiro atoms. The lowest BCUT2D eigenvalue weighted by Crippen LogP contribution is -1.90. The molecule has 0 aliphatic heterocycles. The van der Waals surface area contributed by atoms with Crippen LogP contribution in [0.25, 0.3) is 21.9 Å². The summed E-state index contributed by atoms with van der Waals surface area (Å²) in [5, 5.41) is 2.44. The highest BCUT2D eigenvalue weighted by Crippen LogP contribution is 2.42. The van der Waals surface area contributed by atoms with Crippen molar-refractivity contribution in [2.24, 2.45) is 5.92 Å². The third-order valence-corrected chi connectivity index (χ3v) is 4.90. The Balaban J connectivity index is 1.82. The Labute approximate surface area is 120 Å². The molecule has 2 aromatic carbocycles. The standard InChI is InChI=1S/C17H15BrO/c18-15(9-11-5-6-11)12-7-8-17-14(10-12)13-3-1-2-4-16(13)19-17/h1-4,7-8,10-11,15H,5-6,9H2. The van der Waals surface area contributed by atoms with Gasteiger partial charge in [0, 0.05) is 15.6 Å². The van der Waals surface area contributed by atoms with Gasteiger partial charge in [0.1, 0.15) is 11.2 Å². The van der Waals surface area contributed by atoms with Gasteiger partial charge in [-0.1, -0.05) is 53.0 Å². The number of hydrogen-bond acceptors (Lipinski definition) is 1. The molecule has 0 bridgehead atoms. The number of fused-ring (bicyclic) bond motifs is 3. The van der Waals surface area contributed by atoms with Crippen molar-refractivity contribution in [3.63, 3.8) is 0 Å². The van der Waals surface area contributed by atoms with Gasteiger partial charge in [0.2, 0.25) is 0 Å². The van der Waals surface area contributed by atoms with Crippen molar-refractivity contribution in [3.05, 3.63) is 48.0 Å². The monoisotopic (exact) mass is 314 g/mol. The van der Waals surface area contributed by atoms with Gasteiger partial charge in [-0.25, -0.2) is 0 Å². The molecular weight excluding hydrogens is 300 g/mol. The molecule has 1 atom stereocenters. The lowest BCUT2D eigenvalue weighted by atomic mass is 10.0. The largest absolute Gasteiger partial charge is 0.456 e. The Bertz CT molecular complexity index is 739. The fourth-order valence-corrected chi connectivity index (χ4v) is 3.53. The molecule has 0 amide bonds. The van der Waals surface area contributed by atoms with Gasteiger partial charge >= 0.3 is 0 Å². The zero-order chi connectivity index (χ0) is 12.8. The van der Waals surface area contributed by atoms with Crippen LogP contribution in [0.15, 0.2) is 46.9 Å². The second-order valence-corrected chi connectivity index (χ2v) is 6.61. The SMILES string of the molecule is BrC(CC1CC1)c1ccc2oc3ccccc3c2c1. The molecule has 1 aliphatic carbocycles. The van der Waals surface area contributed by atoms with Crippen molar-refractivity contribution in [1.82, 2.24) is 0 Å². The number of halogens is 1. The van der Waals surface area contributed by atoms with E-state index in [2.05, 4.69) is 46.3 Å². The van der Waals surface area contributed by atoms with Gasteiger partial charge in [-0.3, -0.25) is 0 Å². The second-order valence-electron chi connectivity index (χ2n) is 5.50. The quantitative estimate of drug-likeness (QED) is 0.555. The van der Waals surface area contributed by atoms with E-state index in [0.717, 1.165) is 17.1 Å². The number of para-hydroxylation sites is 1. The number of alkyl halides is 1. The Kier molecular flexibility index (Phi) is 2.66. The van der Waals surface area contributed by atoms with E-state index >= 15 is 0 Å². The first-order valence-electron chi connectivity index (χ1n) is 6.86. The molecule has 1 aliphatic rings. The Morgan fingerprint density at radius 3 is 2.68 bits per heavy atom. The van der Waals surface area contributed by atoms with Gasteiger partial charge < -0.3 is 4.42 Å². The molecule has 1 heterocycles. The van der Waals surface area contributed by atoms with E-state index in [9.17, 15) is 0 Å². The van der Waals surface area contributed by atoms with E-state index in [4.69, 9.17) is 4.42 Å². The first-order valence-corrected chi connectivity index (χ1v) is 7.78. The number of rotatable bonds is 3. The van der Waals surface area contributed by atoms with Crippen molar-refractivity contribution in [2.75, 3.05) is 0 Å². The Hall–Kier alpha value is -1.28. The molecule has 1 fully saturated rings. The minimum atomic E-state index is 0.470. The molecule has 1 unspecified atom stereocenters. The first kappa shape index (κ1) is 11.5. The predicted molar refractivity (Wildman–Crippen MR) is 82.7 cm³/mol. The normalized spacial score (nSPS) is 17.1. The summed E-state index contributed by atoms with van der Waals surface area (Å²) in [7, 11) is 0. The summed E-state index contributed by atoms with van der Waals surface area (Å²) in [5.41, 5.74) is 3.32. The van der Waals surface area contributed by atoms with Crippen molar-refractivity contribution in [3.8, 4) is 0 Å². The van der Waals surface area contributed by atoms with E-state index in [1.807, 2.05) is 12.1 Å². The van der Waals surface area contributed by atoms with Crippen LogP contribution in [0.1, 0.15) is 29.7 Å². The van der Waals surface area contributed by atoms with Gasteiger partial charge in [0.25, 0.3) is 0 Å². The van der Waals surface area contributed by atoms with Crippen molar-refractivity contribution in [2.45, 2.75) is 24.1 Å². The van der Waals surface area contributed by atoms with Crippen LogP contribution in [0, 0.1) is 5.92 Å². The minimum Gasteiger partial charge on any atom is -0.456 e. The van der Waals surface area contributed by atoms with Crippen LogP contribution in [0.3, 0.4) is 0 Å². The molecule has 4 rings (SSSR count). The lowest BCUT2D eigenvalue weighted by molar-refractivity contribution is 0.668.